The van der Waals surface area contributed by atoms with E-state index in [9.17, 15) is 9.18 Å². The number of rotatable bonds is 4. The molecule has 104 valence electrons. The van der Waals surface area contributed by atoms with Crippen LogP contribution in [0.25, 0.3) is 0 Å². The first-order valence-corrected chi connectivity index (χ1v) is 6.74. The SMILES string of the molecule is C[C@H](CC(=O)Nc1ccc(F)c(Cl)c1)c1ccccc1. The number of amides is 1. The maximum Gasteiger partial charge on any atom is 0.224 e. The molecule has 4 heteroatoms. The van der Waals surface area contributed by atoms with Gasteiger partial charge in [0.05, 0.1) is 5.02 Å². The maximum atomic E-state index is 13.0. The first-order chi connectivity index (χ1) is 9.56. The van der Waals surface area contributed by atoms with Crippen molar-refractivity contribution in [2.24, 2.45) is 0 Å². The van der Waals surface area contributed by atoms with Crippen molar-refractivity contribution in [1.29, 1.82) is 0 Å². The fraction of sp³-hybridized carbons (Fsp3) is 0.188. The van der Waals surface area contributed by atoms with Gasteiger partial charge < -0.3 is 5.32 Å². The van der Waals surface area contributed by atoms with E-state index < -0.39 is 5.82 Å². The average molecular weight is 292 g/mol. The van der Waals surface area contributed by atoms with Crippen LogP contribution in [-0.2, 0) is 4.79 Å². The molecular weight excluding hydrogens is 277 g/mol. The smallest absolute Gasteiger partial charge is 0.224 e. The highest BCUT2D eigenvalue weighted by molar-refractivity contribution is 6.31. The van der Waals surface area contributed by atoms with E-state index >= 15 is 0 Å². The van der Waals surface area contributed by atoms with Crippen molar-refractivity contribution in [3.05, 3.63) is 64.9 Å². The molecule has 2 nitrogen and oxygen atoms in total. The number of benzene rings is 2. The fourth-order valence-corrected chi connectivity index (χ4v) is 2.14. The van der Waals surface area contributed by atoms with Crippen LogP contribution in [0.2, 0.25) is 5.02 Å². The molecule has 0 saturated carbocycles. The Morgan fingerprint density at radius 3 is 2.60 bits per heavy atom. The molecule has 2 aromatic rings. The summed E-state index contributed by atoms with van der Waals surface area (Å²) in [6, 6.07) is 14.0. The van der Waals surface area contributed by atoms with Crippen molar-refractivity contribution < 1.29 is 9.18 Å². The van der Waals surface area contributed by atoms with Gasteiger partial charge in [0.25, 0.3) is 0 Å². The van der Waals surface area contributed by atoms with Gasteiger partial charge in [-0.05, 0) is 29.7 Å². The summed E-state index contributed by atoms with van der Waals surface area (Å²) in [6.07, 6.45) is 0.360. The molecule has 0 bridgehead atoms. The Morgan fingerprint density at radius 2 is 1.95 bits per heavy atom. The molecule has 0 radical (unpaired) electrons. The van der Waals surface area contributed by atoms with Gasteiger partial charge in [-0.2, -0.15) is 0 Å². The van der Waals surface area contributed by atoms with Gasteiger partial charge in [-0.3, -0.25) is 4.79 Å². The van der Waals surface area contributed by atoms with Crippen molar-refractivity contribution in [3.63, 3.8) is 0 Å². The van der Waals surface area contributed by atoms with Gasteiger partial charge in [0.1, 0.15) is 5.82 Å². The van der Waals surface area contributed by atoms with Gasteiger partial charge in [0.15, 0.2) is 0 Å². The third-order valence-corrected chi connectivity index (χ3v) is 3.35. The lowest BCUT2D eigenvalue weighted by Crippen LogP contribution is -2.14. The third kappa shape index (κ3) is 3.81. The summed E-state index contributed by atoms with van der Waals surface area (Å²) >= 11 is 5.67. The zero-order valence-electron chi connectivity index (χ0n) is 11.1. The van der Waals surface area contributed by atoms with Crippen molar-refractivity contribution in [2.75, 3.05) is 5.32 Å². The second-order valence-electron chi connectivity index (χ2n) is 4.69. The van der Waals surface area contributed by atoms with Gasteiger partial charge in [0.2, 0.25) is 5.91 Å². The van der Waals surface area contributed by atoms with Crippen LogP contribution in [0.3, 0.4) is 0 Å². The Balaban J connectivity index is 1.97. The molecule has 1 atom stereocenters. The maximum absolute atomic E-state index is 13.0. The second kappa shape index (κ2) is 6.53. The van der Waals surface area contributed by atoms with Crippen molar-refractivity contribution >= 4 is 23.2 Å². The first-order valence-electron chi connectivity index (χ1n) is 6.36. The number of hydrogen-bond donors (Lipinski definition) is 1. The predicted molar refractivity (Wildman–Crippen MR) is 79.5 cm³/mol. The van der Waals surface area contributed by atoms with Crippen LogP contribution in [0.15, 0.2) is 48.5 Å². The molecule has 0 aliphatic carbocycles. The van der Waals surface area contributed by atoms with Gasteiger partial charge in [0, 0.05) is 12.1 Å². The Labute approximate surface area is 122 Å². The molecule has 1 amide bonds. The van der Waals surface area contributed by atoms with E-state index in [2.05, 4.69) is 5.32 Å². The summed E-state index contributed by atoms with van der Waals surface area (Å²) in [5.74, 6) is -0.501. The molecule has 2 rings (SSSR count). The first kappa shape index (κ1) is 14.5. The molecule has 0 aliphatic rings. The summed E-state index contributed by atoms with van der Waals surface area (Å²) in [5, 5.41) is 2.72. The van der Waals surface area contributed by atoms with Crippen LogP contribution in [0, 0.1) is 5.82 Å². The number of carbonyl (C=O) groups is 1. The fourth-order valence-electron chi connectivity index (χ4n) is 1.96. The summed E-state index contributed by atoms with van der Waals surface area (Å²) in [5.41, 5.74) is 1.61. The highest BCUT2D eigenvalue weighted by atomic mass is 35.5. The molecule has 0 unspecified atom stereocenters. The molecule has 0 saturated heterocycles. The van der Waals surface area contributed by atoms with E-state index in [0.717, 1.165) is 5.56 Å². The normalized spacial score (nSPS) is 11.9. The third-order valence-electron chi connectivity index (χ3n) is 3.06. The van der Waals surface area contributed by atoms with Crippen molar-refractivity contribution in [2.45, 2.75) is 19.3 Å². The highest BCUT2D eigenvalue weighted by Gasteiger charge is 2.11. The van der Waals surface area contributed by atoms with Crippen LogP contribution in [0.5, 0.6) is 0 Å². The number of nitrogens with one attached hydrogen (secondary N) is 1. The van der Waals surface area contributed by atoms with E-state index in [1.54, 1.807) is 0 Å². The molecule has 20 heavy (non-hydrogen) atoms. The standard InChI is InChI=1S/C16H15ClFNO/c1-11(12-5-3-2-4-6-12)9-16(20)19-13-7-8-15(18)14(17)10-13/h2-8,10-11H,9H2,1H3,(H,19,20)/t11-/m1/s1. The number of hydrogen-bond acceptors (Lipinski definition) is 1. The number of carbonyl (C=O) groups excluding carboxylic acids is 1. The minimum Gasteiger partial charge on any atom is -0.326 e. The monoisotopic (exact) mass is 291 g/mol. The van der Waals surface area contributed by atoms with Gasteiger partial charge in [-0.25, -0.2) is 4.39 Å². The molecule has 0 aliphatic heterocycles. The van der Waals surface area contributed by atoms with E-state index in [4.69, 9.17) is 11.6 Å². The quantitative estimate of drug-likeness (QED) is 0.875. The Morgan fingerprint density at radius 1 is 1.25 bits per heavy atom. The lowest BCUT2D eigenvalue weighted by molar-refractivity contribution is -0.116. The van der Waals surface area contributed by atoms with E-state index in [1.165, 1.54) is 18.2 Å². The van der Waals surface area contributed by atoms with Crippen molar-refractivity contribution in [1.82, 2.24) is 0 Å². The molecule has 1 N–H and O–H groups in total. The minimum absolute atomic E-state index is 0.00101. The van der Waals surface area contributed by atoms with Crippen LogP contribution in [-0.4, -0.2) is 5.91 Å². The second-order valence-corrected chi connectivity index (χ2v) is 5.10. The Bertz CT molecular complexity index is 601. The van der Waals surface area contributed by atoms with E-state index in [1.807, 2.05) is 37.3 Å². The Hall–Kier alpha value is -1.87. The Kier molecular flexibility index (Phi) is 4.74. The summed E-state index contributed by atoms with van der Waals surface area (Å²) in [4.78, 5) is 11.9. The lowest BCUT2D eigenvalue weighted by Gasteiger charge is -2.12. The molecule has 0 fully saturated rings. The van der Waals surface area contributed by atoms with Crippen LogP contribution in [0.1, 0.15) is 24.8 Å². The summed E-state index contributed by atoms with van der Waals surface area (Å²) in [7, 11) is 0. The number of halogens is 2. The molecule has 0 heterocycles. The van der Waals surface area contributed by atoms with Crippen molar-refractivity contribution in [3.8, 4) is 0 Å². The molecule has 0 aromatic heterocycles. The summed E-state index contributed by atoms with van der Waals surface area (Å²) < 4.78 is 13.0. The van der Waals surface area contributed by atoms with Gasteiger partial charge >= 0.3 is 0 Å². The van der Waals surface area contributed by atoms with Crippen LogP contribution < -0.4 is 5.32 Å². The highest BCUT2D eigenvalue weighted by Crippen LogP contribution is 2.22. The van der Waals surface area contributed by atoms with Gasteiger partial charge in [-0.1, -0.05) is 48.9 Å². The lowest BCUT2D eigenvalue weighted by atomic mass is 9.97. The number of anilines is 1. The van der Waals surface area contributed by atoms with Gasteiger partial charge in [-0.15, -0.1) is 0 Å². The zero-order chi connectivity index (χ0) is 14.5. The average Bonchev–Trinajstić information content (AvgIpc) is 2.44. The largest absolute Gasteiger partial charge is 0.326 e. The topological polar surface area (TPSA) is 29.1 Å². The molecular formula is C16H15ClFNO. The predicted octanol–water partition coefficient (Wildman–Crippen LogP) is 4.61. The molecule has 0 spiro atoms. The van der Waals surface area contributed by atoms with Crippen LogP contribution in [0.4, 0.5) is 10.1 Å². The van der Waals surface area contributed by atoms with Crippen LogP contribution >= 0.6 is 11.6 Å². The zero-order valence-corrected chi connectivity index (χ0v) is 11.8. The van der Waals surface area contributed by atoms with E-state index in [0.29, 0.717) is 12.1 Å². The summed E-state index contributed by atoms with van der Waals surface area (Å²) in [6.45, 7) is 1.99. The minimum atomic E-state index is -0.498. The van der Waals surface area contributed by atoms with E-state index in [-0.39, 0.29) is 16.8 Å². The molecule has 2 aromatic carbocycles.